The minimum absolute atomic E-state index is 0.387. The molecule has 0 bridgehead atoms. The van der Waals surface area contributed by atoms with Crippen molar-refractivity contribution in [1.82, 2.24) is 5.32 Å². The first kappa shape index (κ1) is 16.0. The van der Waals surface area contributed by atoms with E-state index in [2.05, 4.69) is 23.5 Å². The summed E-state index contributed by atoms with van der Waals surface area (Å²) in [4.78, 5) is 0. The Hall–Kier alpha value is -0.860. The van der Waals surface area contributed by atoms with Gasteiger partial charge in [-0.25, -0.2) is 0 Å². The first-order chi connectivity index (χ1) is 10.9. The third-order valence-electron chi connectivity index (χ3n) is 5.57. The Morgan fingerprint density at radius 2 is 1.82 bits per heavy atom. The van der Waals surface area contributed by atoms with Gasteiger partial charge in [0.15, 0.2) is 0 Å². The predicted molar refractivity (Wildman–Crippen MR) is 92.2 cm³/mol. The van der Waals surface area contributed by atoms with Crippen molar-refractivity contribution in [2.45, 2.75) is 70.4 Å². The summed E-state index contributed by atoms with van der Waals surface area (Å²) in [6.07, 6.45) is 12.5. The van der Waals surface area contributed by atoms with Crippen molar-refractivity contribution < 1.29 is 4.74 Å². The monoisotopic (exact) mass is 301 g/mol. The first-order valence-electron chi connectivity index (χ1n) is 9.21. The molecule has 2 nitrogen and oxygen atoms in total. The van der Waals surface area contributed by atoms with Crippen molar-refractivity contribution in [2.24, 2.45) is 5.92 Å². The molecular formula is C20H31NO. The van der Waals surface area contributed by atoms with Crippen LogP contribution in [0, 0.1) is 5.92 Å². The molecule has 22 heavy (non-hydrogen) atoms. The Bertz CT molecular complexity index is 465. The smallest absolute Gasteiger partial charge is 0.0723 e. The summed E-state index contributed by atoms with van der Waals surface area (Å²) in [5.41, 5.74) is 4.59. The molecule has 1 aromatic rings. The van der Waals surface area contributed by atoms with Crippen molar-refractivity contribution in [1.29, 1.82) is 0 Å². The van der Waals surface area contributed by atoms with Crippen LogP contribution in [0.3, 0.4) is 0 Å². The lowest BCUT2D eigenvalue weighted by atomic mass is 9.85. The number of hydrogen-bond acceptors (Lipinski definition) is 2. The fourth-order valence-electron chi connectivity index (χ4n) is 4.20. The molecule has 1 aromatic carbocycles. The van der Waals surface area contributed by atoms with Crippen molar-refractivity contribution in [3.63, 3.8) is 0 Å². The van der Waals surface area contributed by atoms with Crippen LogP contribution in [-0.2, 0) is 24.1 Å². The number of hydrogen-bond donors (Lipinski definition) is 1. The minimum atomic E-state index is 0.387. The van der Waals surface area contributed by atoms with E-state index in [1.807, 2.05) is 7.11 Å². The quantitative estimate of drug-likeness (QED) is 0.848. The number of ether oxygens (including phenoxy) is 1. The molecule has 1 unspecified atom stereocenters. The molecule has 1 saturated carbocycles. The van der Waals surface area contributed by atoms with Gasteiger partial charge in [-0.1, -0.05) is 37.5 Å². The molecule has 1 fully saturated rings. The fourth-order valence-corrected chi connectivity index (χ4v) is 4.20. The van der Waals surface area contributed by atoms with E-state index in [1.54, 1.807) is 11.1 Å². The maximum Gasteiger partial charge on any atom is 0.0723 e. The summed E-state index contributed by atoms with van der Waals surface area (Å²) >= 11 is 0. The van der Waals surface area contributed by atoms with Crippen LogP contribution in [0.5, 0.6) is 0 Å². The molecule has 0 saturated heterocycles. The second-order valence-electron chi connectivity index (χ2n) is 7.11. The summed E-state index contributed by atoms with van der Waals surface area (Å²) in [7, 11) is 1.87. The number of nitrogens with one attached hydrogen (secondary N) is 1. The number of methoxy groups -OCH3 is 1. The summed E-state index contributed by atoms with van der Waals surface area (Å²) in [6, 6.07) is 7.07. The molecule has 0 aromatic heterocycles. The average Bonchev–Trinajstić information content (AvgIpc) is 2.59. The van der Waals surface area contributed by atoms with E-state index in [1.165, 1.54) is 63.4 Å². The van der Waals surface area contributed by atoms with Gasteiger partial charge in [-0.2, -0.15) is 0 Å². The molecule has 122 valence electrons. The highest BCUT2D eigenvalue weighted by molar-refractivity contribution is 5.33. The van der Waals surface area contributed by atoms with Gasteiger partial charge in [-0.3, -0.25) is 0 Å². The van der Waals surface area contributed by atoms with Crippen molar-refractivity contribution in [2.75, 3.05) is 13.7 Å². The van der Waals surface area contributed by atoms with Gasteiger partial charge in [0.1, 0.15) is 0 Å². The van der Waals surface area contributed by atoms with Crippen LogP contribution in [-0.4, -0.2) is 19.8 Å². The van der Waals surface area contributed by atoms with Crippen molar-refractivity contribution in [3.05, 3.63) is 34.9 Å². The van der Waals surface area contributed by atoms with Crippen LogP contribution >= 0.6 is 0 Å². The number of rotatable bonds is 6. The highest BCUT2D eigenvalue weighted by Gasteiger charge is 2.23. The number of fused-ring (bicyclic) bond motifs is 1. The normalized spacial score (nSPS) is 20.6. The highest BCUT2D eigenvalue weighted by atomic mass is 16.5. The molecule has 0 spiro atoms. The van der Waals surface area contributed by atoms with Gasteiger partial charge in [-0.05, 0) is 61.1 Å². The van der Waals surface area contributed by atoms with Crippen LogP contribution in [0.15, 0.2) is 18.2 Å². The van der Waals surface area contributed by atoms with Crippen LogP contribution in [0.1, 0.15) is 61.6 Å². The zero-order valence-corrected chi connectivity index (χ0v) is 14.1. The maximum absolute atomic E-state index is 5.76. The molecule has 2 aliphatic carbocycles. The minimum Gasteiger partial charge on any atom is -0.380 e. The molecule has 1 N–H and O–H groups in total. The second kappa shape index (κ2) is 8.12. The second-order valence-corrected chi connectivity index (χ2v) is 7.11. The van der Waals surface area contributed by atoms with Gasteiger partial charge in [0.25, 0.3) is 0 Å². The molecule has 0 amide bonds. The van der Waals surface area contributed by atoms with Crippen LogP contribution in [0.25, 0.3) is 0 Å². The van der Waals surface area contributed by atoms with E-state index in [-0.39, 0.29) is 0 Å². The average molecular weight is 301 g/mol. The molecular weight excluding hydrogens is 270 g/mol. The zero-order valence-electron chi connectivity index (χ0n) is 14.1. The van der Waals surface area contributed by atoms with Gasteiger partial charge in [0.05, 0.1) is 6.10 Å². The third-order valence-corrected chi connectivity index (χ3v) is 5.57. The van der Waals surface area contributed by atoms with E-state index in [0.717, 1.165) is 19.0 Å². The van der Waals surface area contributed by atoms with Gasteiger partial charge < -0.3 is 10.1 Å². The largest absolute Gasteiger partial charge is 0.380 e. The van der Waals surface area contributed by atoms with Crippen molar-refractivity contribution in [3.8, 4) is 0 Å². The third kappa shape index (κ3) is 4.11. The molecule has 2 heteroatoms. The van der Waals surface area contributed by atoms with E-state index < -0.39 is 0 Å². The highest BCUT2D eigenvalue weighted by Crippen LogP contribution is 2.27. The van der Waals surface area contributed by atoms with Crippen LogP contribution in [0.2, 0.25) is 0 Å². The number of aryl methyl sites for hydroxylation is 2. The maximum atomic E-state index is 5.76. The Labute approximate surface area is 135 Å². The lowest BCUT2D eigenvalue weighted by Crippen LogP contribution is -2.35. The Balaban J connectivity index is 1.49. The first-order valence-corrected chi connectivity index (χ1v) is 9.21. The molecule has 2 aliphatic rings. The molecule has 0 radical (unpaired) electrons. The van der Waals surface area contributed by atoms with Gasteiger partial charge >= 0.3 is 0 Å². The Morgan fingerprint density at radius 3 is 2.59 bits per heavy atom. The summed E-state index contributed by atoms with van der Waals surface area (Å²) in [6.45, 7) is 1.96. The van der Waals surface area contributed by atoms with E-state index in [0.29, 0.717) is 6.10 Å². The predicted octanol–water partition coefficient (Wildman–Crippen LogP) is 4.25. The SMILES string of the molecule is COC(CNCc1ccc2c(c1)CCCC2)C1CCCCC1. The zero-order chi connectivity index (χ0) is 15.2. The lowest BCUT2D eigenvalue weighted by molar-refractivity contribution is 0.0366. The fraction of sp³-hybridized carbons (Fsp3) is 0.700. The van der Waals surface area contributed by atoms with E-state index >= 15 is 0 Å². The van der Waals surface area contributed by atoms with Gasteiger partial charge in [0.2, 0.25) is 0 Å². The Morgan fingerprint density at radius 1 is 1.05 bits per heavy atom. The van der Waals surface area contributed by atoms with Crippen molar-refractivity contribution >= 4 is 0 Å². The Kier molecular flexibility index (Phi) is 5.91. The van der Waals surface area contributed by atoms with E-state index in [4.69, 9.17) is 4.74 Å². The topological polar surface area (TPSA) is 21.3 Å². The van der Waals surface area contributed by atoms with Gasteiger partial charge in [-0.15, -0.1) is 0 Å². The van der Waals surface area contributed by atoms with E-state index in [9.17, 15) is 0 Å². The molecule has 0 aliphatic heterocycles. The molecule has 0 heterocycles. The molecule has 1 atom stereocenters. The summed E-state index contributed by atoms with van der Waals surface area (Å²) in [5.74, 6) is 0.759. The van der Waals surface area contributed by atoms with Gasteiger partial charge in [0, 0.05) is 20.2 Å². The molecule has 3 rings (SSSR count). The lowest BCUT2D eigenvalue weighted by Gasteiger charge is -2.29. The number of benzene rings is 1. The summed E-state index contributed by atoms with van der Waals surface area (Å²) < 4.78 is 5.76. The summed E-state index contributed by atoms with van der Waals surface area (Å²) in [5, 5.41) is 3.63. The van der Waals surface area contributed by atoms with Crippen LogP contribution in [0.4, 0.5) is 0 Å². The van der Waals surface area contributed by atoms with Crippen LogP contribution < -0.4 is 5.32 Å². The standard InChI is InChI=1S/C20H31NO/c1-22-20(18-8-3-2-4-9-18)15-21-14-16-11-12-17-7-5-6-10-19(17)13-16/h11-13,18,20-21H,2-10,14-15H2,1H3.